The molecule has 0 spiro atoms. The molecule has 0 amide bonds. The molecule has 1 aromatic rings. The third kappa shape index (κ3) is 1.58. The van der Waals surface area contributed by atoms with Crippen molar-refractivity contribution in [3.63, 3.8) is 0 Å². The van der Waals surface area contributed by atoms with Crippen molar-refractivity contribution in [1.29, 1.82) is 0 Å². The van der Waals surface area contributed by atoms with E-state index in [2.05, 4.69) is 0 Å². The highest BCUT2D eigenvalue weighted by atomic mass is 19.3. The normalized spacial score (nSPS) is 12.1. The molecule has 0 aliphatic rings. The van der Waals surface area contributed by atoms with Crippen LogP contribution in [0.3, 0.4) is 0 Å². The molecule has 0 heterocycles. The summed E-state index contributed by atoms with van der Waals surface area (Å²) >= 11 is 0. The van der Waals surface area contributed by atoms with Crippen LogP contribution >= 0.6 is 0 Å². The average molecular weight is 175 g/mol. The second kappa shape index (κ2) is 3.14. The molecule has 5 heteroatoms. The van der Waals surface area contributed by atoms with Gasteiger partial charge in [0.15, 0.2) is 0 Å². The van der Waals surface area contributed by atoms with E-state index in [-0.39, 0.29) is 0 Å². The fourth-order valence-corrected chi connectivity index (χ4v) is 0.754. The van der Waals surface area contributed by atoms with Gasteiger partial charge >= 0.3 is 6.05 Å². The van der Waals surface area contributed by atoms with Crippen molar-refractivity contribution in [1.82, 2.24) is 5.23 Å². The van der Waals surface area contributed by atoms with Crippen molar-refractivity contribution in [2.24, 2.45) is 0 Å². The van der Waals surface area contributed by atoms with Crippen molar-refractivity contribution in [2.75, 3.05) is 0 Å². The standard InChI is InChI=1S/C7H7F2NO2/c8-7(9,10(11)12)6-4-2-1-3-5-6/h1-5,11-12H. The van der Waals surface area contributed by atoms with Crippen molar-refractivity contribution < 1.29 is 19.2 Å². The van der Waals surface area contributed by atoms with E-state index >= 15 is 0 Å². The monoisotopic (exact) mass is 175 g/mol. The molecule has 0 aromatic heterocycles. The maximum atomic E-state index is 12.7. The fraction of sp³-hybridized carbons (Fsp3) is 0.143. The van der Waals surface area contributed by atoms with E-state index in [0.717, 1.165) is 12.1 Å². The molecule has 0 atom stereocenters. The molecule has 3 nitrogen and oxygen atoms in total. The fourth-order valence-electron chi connectivity index (χ4n) is 0.754. The predicted octanol–water partition coefficient (Wildman–Crippen LogP) is 1.82. The first kappa shape index (κ1) is 9.05. The minimum absolute atomic E-state index is 0.477. The van der Waals surface area contributed by atoms with Gasteiger partial charge in [-0.2, -0.15) is 8.78 Å². The smallest absolute Gasteiger partial charge is 0.284 e. The van der Waals surface area contributed by atoms with Gasteiger partial charge in [-0.25, -0.2) is 0 Å². The second-order valence-electron chi connectivity index (χ2n) is 2.20. The molecule has 0 saturated carbocycles. The van der Waals surface area contributed by atoms with Gasteiger partial charge in [-0.05, 0) is 0 Å². The number of benzene rings is 1. The van der Waals surface area contributed by atoms with E-state index in [1.54, 1.807) is 6.07 Å². The second-order valence-corrected chi connectivity index (χ2v) is 2.20. The minimum atomic E-state index is -3.76. The minimum Gasteiger partial charge on any atom is -0.284 e. The molecule has 0 radical (unpaired) electrons. The van der Waals surface area contributed by atoms with Crippen molar-refractivity contribution in [2.45, 2.75) is 6.05 Å². The van der Waals surface area contributed by atoms with E-state index in [0.29, 0.717) is 0 Å². The van der Waals surface area contributed by atoms with Crippen LogP contribution in [0.15, 0.2) is 30.3 Å². The van der Waals surface area contributed by atoms with Gasteiger partial charge in [0.2, 0.25) is 0 Å². The van der Waals surface area contributed by atoms with Gasteiger partial charge < -0.3 is 0 Å². The Morgan fingerprint density at radius 1 is 1.08 bits per heavy atom. The van der Waals surface area contributed by atoms with E-state index in [4.69, 9.17) is 10.4 Å². The summed E-state index contributed by atoms with van der Waals surface area (Å²) in [7, 11) is 0. The van der Waals surface area contributed by atoms with Crippen molar-refractivity contribution in [3.8, 4) is 0 Å². The van der Waals surface area contributed by atoms with Crippen LogP contribution in [-0.2, 0) is 6.05 Å². The summed E-state index contributed by atoms with van der Waals surface area (Å²) in [5, 5.41) is 15.2. The molecule has 0 bridgehead atoms. The molecule has 2 N–H and O–H groups in total. The number of rotatable bonds is 2. The van der Waals surface area contributed by atoms with Crippen LogP contribution in [0.25, 0.3) is 0 Å². The number of hydrogen-bond donors (Lipinski definition) is 2. The van der Waals surface area contributed by atoms with Gasteiger partial charge in [0.1, 0.15) is 0 Å². The van der Waals surface area contributed by atoms with Crippen LogP contribution in [0.5, 0.6) is 0 Å². The molecular weight excluding hydrogens is 168 g/mol. The quantitative estimate of drug-likeness (QED) is 0.532. The molecule has 0 fully saturated rings. The lowest BCUT2D eigenvalue weighted by Crippen LogP contribution is -2.33. The largest absolute Gasteiger partial charge is 0.374 e. The molecular formula is C7H7F2NO2. The summed E-state index contributed by atoms with van der Waals surface area (Å²) in [6.45, 7) is 0. The van der Waals surface area contributed by atoms with E-state index in [1.807, 2.05) is 0 Å². The maximum absolute atomic E-state index is 12.7. The summed E-state index contributed by atoms with van der Waals surface area (Å²) in [6, 6.07) is 2.75. The lowest BCUT2D eigenvalue weighted by atomic mass is 10.2. The Kier molecular flexibility index (Phi) is 2.37. The average Bonchev–Trinajstić information content (AvgIpc) is 2.06. The van der Waals surface area contributed by atoms with E-state index < -0.39 is 16.8 Å². The molecule has 12 heavy (non-hydrogen) atoms. The van der Waals surface area contributed by atoms with Gasteiger partial charge in [0.25, 0.3) is 0 Å². The summed E-state index contributed by atoms with van der Waals surface area (Å²) < 4.78 is 25.4. The van der Waals surface area contributed by atoms with Gasteiger partial charge in [-0.3, -0.25) is 10.4 Å². The number of hydroxylamine groups is 2. The lowest BCUT2D eigenvalue weighted by molar-refractivity contribution is -0.438. The number of alkyl halides is 2. The first-order valence-corrected chi connectivity index (χ1v) is 3.16. The Morgan fingerprint density at radius 2 is 1.58 bits per heavy atom. The number of nitrogens with zero attached hydrogens (tertiary/aromatic N) is 1. The molecule has 0 unspecified atom stereocenters. The third-order valence-corrected chi connectivity index (χ3v) is 1.37. The highest BCUT2D eigenvalue weighted by Gasteiger charge is 2.38. The predicted molar refractivity (Wildman–Crippen MR) is 35.7 cm³/mol. The van der Waals surface area contributed by atoms with Crippen LogP contribution in [0.4, 0.5) is 8.78 Å². The van der Waals surface area contributed by atoms with Crippen LogP contribution < -0.4 is 0 Å². The zero-order valence-electron chi connectivity index (χ0n) is 5.98. The Hall–Kier alpha value is -1.04. The summed E-state index contributed by atoms with van der Waals surface area (Å²) in [6.07, 6.45) is 0. The van der Waals surface area contributed by atoms with Gasteiger partial charge in [-0.1, -0.05) is 30.3 Å². The molecule has 0 aliphatic carbocycles. The van der Waals surface area contributed by atoms with Crippen LogP contribution in [0, 0.1) is 0 Å². The van der Waals surface area contributed by atoms with E-state index in [1.165, 1.54) is 12.1 Å². The Balaban J connectivity index is 2.98. The first-order valence-electron chi connectivity index (χ1n) is 3.16. The van der Waals surface area contributed by atoms with Gasteiger partial charge in [0.05, 0.1) is 0 Å². The summed E-state index contributed by atoms with van der Waals surface area (Å²) in [4.78, 5) is 0. The first-order chi connectivity index (χ1) is 5.55. The van der Waals surface area contributed by atoms with Gasteiger partial charge in [-0.15, -0.1) is 0 Å². The summed E-state index contributed by atoms with van der Waals surface area (Å²) in [5.41, 5.74) is -0.477. The Morgan fingerprint density at radius 3 is 2.00 bits per heavy atom. The SMILES string of the molecule is ON(O)C(F)(F)c1ccccc1. The van der Waals surface area contributed by atoms with Crippen LogP contribution in [-0.4, -0.2) is 15.6 Å². The van der Waals surface area contributed by atoms with Crippen molar-refractivity contribution in [3.05, 3.63) is 35.9 Å². The summed E-state index contributed by atoms with van der Waals surface area (Å²) in [5.74, 6) is 0. The lowest BCUT2D eigenvalue weighted by Gasteiger charge is -2.19. The van der Waals surface area contributed by atoms with Crippen molar-refractivity contribution >= 4 is 0 Å². The maximum Gasteiger partial charge on any atom is 0.374 e. The zero-order chi connectivity index (χ0) is 9.19. The molecule has 0 aliphatic heterocycles. The Bertz CT molecular complexity index is 251. The highest BCUT2D eigenvalue weighted by molar-refractivity contribution is 5.18. The zero-order valence-corrected chi connectivity index (χ0v) is 5.98. The van der Waals surface area contributed by atoms with Crippen LogP contribution in [0.2, 0.25) is 0 Å². The number of halogens is 2. The molecule has 1 rings (SSSR count). The molecule has 1 aromatic carbocycles. The highest BCUT2D eigenvalue weighted by Crippen LogP contribution is 2.28. The molecule has 0 saturated heterocycles. The van der Waals surface area contributed by atoms with Crippen LogP contribution in [0.1, 0.15) is 5.56 Å². The molecule has 66 valence electrons. The number of hydrogen-bond acceptors (Lipinski definition) is 3. The van der Waals surface area contributed by atoms with E-state index in [9.17, 15) is 8.78 Å². The Labute approximate surface area is 67.4 Å². The van der Waals surface area contributed by atoms with Gasteiger partial charge in [0, 0.05) is 10.8 Å². The topological polar surface area (TPSA) is 43.7 Å². The third-order valence-electron chi connectivity index (χ3n) is 1.37.